The van der Waals surface area contributed by atoms with E-state index in [0.29, 0.717) is 0 Å². The fourth-order valence-corrected chi connectivity index (χ4v) is 2.80. The molecule has 0 amide bonds. The zero-order chi connectivity index (χ0) is 15.4. The van der Waals surface area contributed by atoms with Crippen LogP contribution in [0.3, 0.4) is 0 Å². The first-order valence-corrected chi connectivity index (χ1v) is 7.49. The summed E-state index contributed by atoms with van der Waals surface area (Å²) in [7, 11) is 3.69. The van der Waals surface area contributed by atoms with Crippen LogP contribution in [-0.2, 0) is 6.42 Å². The van der Waals surface area contributed by atoms with Gasteiger partial charge in [-0.05, 0) is 67.8 Å². The first kappa shape index (κ1) is 15.9. The fourth-order valence-electron chi connectivity index (χ4n) is 2.58. The number of methoxy groups -OCH3 is 1. The Morgan fingerprint density at radius 2 is 1.90 bits per heavy atom. The van der Waals surface area contributed by atoms with Crippen molar-refractivity contribution >= 4 is 11.6 Å². The molecule has 0 bridgehead atoms. The standard InChI is InChI=1S/C18H22ClNO/c1-12-9-17(19)13(2)8-16(12)18(20-3)11-14-6-5-7-15(10-14)21-4/h5-10,18,20H,11H2,1-4H3. The minimum Gasteiger partial charge on any atom is -0.497 e. The van der Waals surface area contributed by atoms with Crippen LogP contribution >= 0.6 is 11.6 Å². The van der Waals surface area contributed by atoms with E-state index < -0.39 is 0 Å². The van der Waals surface area contributed by atoms with Gasteiger partial charge in [0.25, 0.3) is 0 Å². The Labute approximate surface area is 132 Å². The summed E-state index contributed by atoms with van der Waals surface area (Å²) in [5.74, 6) is 0.895. The lowest BCUT2D eigenvalue weighted by atomic mass is 9.94. The quantitative estimate of drug-likeness (QED) is 0.880. The number of benzene rings is 2. The number of likely N-dealkylation sites (N-methyl/N-ethyl adjacent to an activating group) is 1. The number of ether oxygens (including phenoxy) is 1. The molecule has 1 N–H and O–H groups in total. The van der Waals surface area contributed by atoms with E-state index in [2.05, 4.69) is 30.4 Å². The molecule has 2 aromatic carbocycles. The van der Waals surface area contributed by atoms with Crippen molar-refractivity contribution in [2.24, 2.45) is 0 Å². The van der Waals surface area contributed by atoms with Crippen molar-refractivity contribution in [1.82, 2.24) is 5.32 Å². The van der Waals surface area contributed by atoms with Gasteiger partial charge in [-0.2, -0.15) is 0 Å². The second kappa shape index (κ2) is 6.97. The van der Waals surface area contributed by atoms with Gasteiger partial charge >= 0.3 is 0 Å². The highest BCUT2D eigenvalue weighted by molar-refractivity contribution is 6.31. The van der Waals surface area contributed by atoms with Gasteiger partial charge in [-0.15, -0.1) is 0 Å². The molecule has 0 aromatic heterocycles. The molecule has 0 aliphatic rings. The van der Waals surface area contributed by atoms with E-state index in [9.17, 15) is 0 Å². The highest BCUT2D eigenvalue weighted by atomic mass is 35.5. The van der Waals surface area contributed by atoms with Crippen molar-refractivity contribution in [2.75, 3.05) is 14.2 Å². The largest absolute Gasteiger partial charge is 0.497 e. The van der Waals surface area contributed by atoms with E-state index in [-0.39, 0.29) is 6.04 Å². The third kappa shape index (κ3) is 3.78. The van der Waals surface area contributed by atoms with E-state index in [0.717, 1.165) is 22.8 Å². The first-order valence-electron chi connectivity index (χ1n) is 7.12. The van der Waals surface area contributed by atoms with Gasteiger partial charge in [0.15, 0.2) is 0 Å². The summed E-state index contributed by atoms with van der Waals surface area (Å²) >= 11 is 6.20. The molecule has 1 unspecified atom stereocenters. The maximum atomic E-state index is 6.20. The highest BCUT2D eigenvalue weighted by Gasteiger charge is 2.14. The number of nitrogens with one attached hydrogen (secondary N) is 1. The van der Waals surface area contributed by atoms with E-state index in [1.54, 1.807) is 7.11 Å². The number of hydrogen-bond acceptors (Lipinski definition) is 2. The van der Waals surface area contributed by atoms with Crippen molar-refractivity contribution in [3.05, 3.63) is 63.7 Å². The second-order valence-corrected chi connectivity index (χ2v) is 5.76. The van der Waals surface area contributed by atoms with E-state index in [1.165, 1.54) is 16.7 Å². The third-order valence-corrected chi connectivity index (χ3v) is 4.25. The smallest absolute Gasteiger partial charge is 0.119 e. The molecular formula is C18H22ClNO. The number of rotatable bonds is 5. The summed E-state index contributed by atoms with van der Waals surface area (Å²) in [6, 6.07) is 12.7. The van der Waals surface area contributed by atoms with Gasteiger partial charge in [-0.25, -0.2) is 0 Å². The Morgan fingerprint density at radius 1 is 1.14 bits per heavy atom. The molecule has 0 aliphatic heterocycles. The molecule has 0 spiro atoms. The van der Waals surface area contributed by atoms with Crippen LogP contribution in [0.15, 0.2) is 36.4 Å². The topological polar surface area (TPSA) is 21.3 Å². The van der Waals surface area contributed by atoms with Crippen molar-refractivity contribution in [3.63, 3.8) is 0 Å². The van der Waals surface area contributed by atoms with Gasteiger partial charge in [0.2, 0.25) is 0 Å². The van der Waals surface area contributed by atoms with Crippen LogP contribution < -0.4 is 10.1 Å². The summed E-state index contributed by atoms with van der Waals surface area (Å²) < 4.78 is 5.30. The van der Waals surface area contributed by atoms with Gasteiger partial charge < -0.3 is 10.1 Å². The maximum Gasteiger partial charge on any atom is 0.119 e. The lowest BCUT2D eigenvalue weighted by Gasteiger charge is -2.20. The molecular weight excluding hydrogens is 282 g/mol. The average Bonchev–Trinajstić information content (AvgIpc) is 2.49. The Bertz CT molecular complexity index is 625. The SMILES string of the molecule is CNC(Cc1cccc(OC)c1)c1cc(C)c(Cl)cc1C. The van der Waals surface area contributed by atoms with Gasteiger partial charge in [0.05, 0.1) is 7.11 Å². The van der Waals surface area contributed by atoms with Gasteiger partial charge in [0, 0.05) is 11.1 Å². The van der Waals surface area contributed by atoms with E-state index in [4.69, 9.17) is 16.3 Å². The van der Waals surface area contributed by atoms with Crippen molar-refractivity contribution < 1.29 is 4.74 Å². The summed E-state index contributed by atoms with van der Waals surface area (Å²) in [5.41, 5.74) is 4.87. The molecule has 1 atom stereocenters. The van der Waals surface area contributed by atoms with Gasteiger partial charge in [-0.3, -0.25) is 0 Å². The van der Waals surface area contributed by atoms with Crippen LogP contribution in [0, 0.1) is 13.8 Å². The molecule has 0 aliphatic carbocycles. The molecule has 0 fully saturated rings. The molecule has 21 heavy (non-hydrogen) atoms. The van der Waals surface area contributed by atoms with Crippen molar-refractivity contribution in [2.45, 2.75) is 26.3 Å². The Kier molecular flexibility index (Phi) is 5.27. The Morgan fingerprint density at radius 3 is 2.57 bits per heavy atom. The first-order chi connectivity index (χ1) is 10.0. The molecule has 2 aromatic rings. The normalized spacial score (nSPS) is 12.2. The van der Waals surface area contributed by atoms with Gasteiger partial charge in [-0.1, -0.05) is 29.8 Å². The minimum absolute atomic E-state index is 0.257. The van der Waals surface area contributed by atoms with Crippen molar-refractivity contribution in [3.8, 4) is 5.75 Å². The zero-order valence-corrected chi connectivity index (χ0v) is 13.8. The number of hydrogen-bond donors (Lipinski definition) is 1. The average molecular weight is 304 g/mol. The summed E-state index contributed by atoms with van der Waals surface area (Å²) in [6.07, 6.45) is 0.912. The monoisotopic (exact) mass is 303 g/mol. The van der Waals surface area contributed by atoms with Crippen LogP contribution in [0.1, 0.15) is 28.3 Å². The van der Waals surface area contributed by atoms with Crippen molar-refractivity contribution in [1.29, 1.82) is 0 Å². The molecule has 0 heterocycles. The molecule has 0 saturated heterocycles. The summed E-state index contributed by atoms with van der Waals surface area (Å²) in [4.78, 5) is 0. The van der Waals surface area contributed by atoms with Crippen LogP contribution in [0.25, 0.3) is 0 Å². The Balaban J connectivity index is 2.29. The zero-order valence-electron chi connectivity index (χ0n) is 13.0. The van der Waals surface area contributed by atoms with Gasteiger partial charge in [0.1, 0.15) is 5.75 Å². The molecule has 112 valence electrons. The second-order valence-electron chi connectivity index (χ2n) is 5.35. The minimum atomic E-state index is 0.257. The summed E-state index contributed by atoms with van der Waals surface area (Å²) in [6.45, 7) is 4.15. The van der Waals surface area contributed by atoms with Crippen LogP contribution in [0.2, 0.25) is 5.02 Å². The van der Waals surface area contributed by atoms with E-state index in [1.807, 2.05) is 32.2 Å². The third-order valence-electron chi connectivity index (χ3n) is 3.85. The molecule has 2 rings (SSSR count). The lowest BCUT2D eigenvalue weighted by molar-refractivity contribution is 0.414. The summed E-state index contributed by atoms with van der Waals surface area (Å²) in [5, 5.41) is 4.23. The predicted molar refractivity (Wildman–Crippen MR) is 89.4 cm³/mol. The lowest BCUT2D eigenvalue weighted by Crippen LogP contribution is -2.20. The van der Waals surface area contributed by atoms with Crippen LogP contribution in [-0.4, -0.2) is 14.2 Å². The number of aryl methyl sites for hydroxylation is 2. The Hall–Kier alpha value is -1.51. The molecule has 0 saturated carbocycles. The molecule has 2 nitrogen and oxygen atoms in total. The predicted octanol–water partition coefficient (Wildman–Crippen LogP) is 4.47. The van der Waals surface area contributed by atoms with Crippen LogP contribution in [0.5, 0.6) is 5.75 Å². The molecule has 0 radical (unpaired) electrons. The fraction of sp³-hybridized carbons (Fsp3) is 0.333. The number of halogens is 1. The molecule has 3 heteroatoms. The van der Waals surface area contributed by atoms with E-state index >= 15 is 0 Å². The van der Waals surface area contributed by atoms with Crippen LogP contribution in [0.4, 0.5) is 0 Å². The highest BCUT2D eigenvalue weighted by Crippen LogP contribution is 2.27. The maximum absolute atomic E-state index is 6.20.